The molecule has 4 rings (SSSR count). The van der Waals surface area contributed by atoms with E-state index in [0.29, 0.717) is 5.92 Å². The van der Waals surface area contributed by atoms with E-state index >= 15 is 0 Å². The Balaban J connectivity index is 1.54. The smallest absolute Gasteiger partial charge is 0.227 e. The number of rotatable bonds is 5. The predicted octanol–water partition coefficient (Wildman–Crippen LogP) is 7.22. The van der Waals surface area contributed by atoms with Crippen LogP contribution in [-0.4, -0.2) is 10.9 Å². The van der Waals surface area contributed by atoms with Crippen LogP contribution in [0.2, 0.25) is 0 Å². The maximum atomic E-state index is 12.6. The number of H-pyrrole nitrogens is 1. The van der Waals surface area contributed by atoms with Gasteiger partial charge in [0.05, 0.1) is 0 Å². The number of hydrogen-bond donors (Lipinski definition) is 2. The van der Waals surface area contributed by atoms with Crippen LogP contribution in [0.5, 0.6) is 11.5 Å². The largest absolute Gasteiger partial charge is 0.457 e. The van der Waals surface area contributed by atoms with E-state index < -0.39 is 0 Å². The Kier molecular flexibility index (Phi) is 5.85. The van der Waals surface area contributed by atoms with Gasteiger partial charge in [0, 0.05) is 28.7 Å². The minimum absolute atomic E-state index is 0.151. The van der Waals surface area contributed by atoms with E-state index in [2.05, 4.69) is 42.5 Å². The average molecular weight is 405 g/mol. The molecule has 1 aliphatic rings. The highest BCUT2D eigenvalue weighted by atomic mass is 16.5. The number of carbonyl (C=O) groups is 1. The molecule has 3 aromatic rings. The van der Waals surface area contributed by atoms with Gasteiger partial charge in [0.25, 0.3) is 0 Å². The Bertz CT molecular complexity index is 1040. The highest BCUT2D eigenvalue weighted by Crippen LogP contribution is 2.35. The van der Waals surface area contributed by atoms with Crippen LogP contribution in [0.25, 0.3) is 10.9 Å². The molecule has 0 saturated heterocycles. The van der Waals surface area contributed by atoms with E-state index in [1.165, 1.54) is 17.4 Å². The number of anilines is 1. The van der Waals surface area contributed by atoms with Crippen molar-refractivity contribution >= 4 is 22.5 Å². The van der Waals surface area contributed by atoms with E-state index in [0.717, 1.165) is 59.5 Å². The lowest BCUT2D eigenvalue weighted by atomic mass is 9.88. The molecule has 158 valence electrons. The number of amides is 1. The van der Waals surface area contributed by atoms with Crippen LogP contribution in [0.3, 0.4) is 0 Å². The highest BCUT2D eigenvalue weighted by Gasteiger charge is 2.21. The summed E-state index contributed by atoms with van der Waals surface area (Å²) in [6, 6.07) is 10.2. The van der Waals surface area contributed by atoms with Gasteiger partial charge in [0.1, 0.15) is 11.5 Å². The van der Waals surface area contributed by atoms with Crippen molar-refractivity contribution in [1.82, 2.24) is 4.98 Å². The van der Waals surface area contributed by atoms with Gasteiger partial charge in [0.15, 0.2) is 0 Å². The van der Waals surface area contributed by atoms with Crippen molar-refractivity contribution in [2.45, 2.75) is 65.7 Å². The first-order chi connectivity index (χ1) is 14.4. The molecule has 2 N–H and O–H groups in total. The summed E-state index contributed by atoms with van der Waals surface area (Å²) in [7, 11) is 0. The zero-order valence-electron chi connectivity index (χ0n) is 18.5. The molecule has 2 aromatic carbocycles. The van der Waals surface area contributed by atoms with Crippen LogP contribution < -0.4 is 10.1 Å². The molecule has 1 aromatic heterocycles. The zero-order chi connectivity index (χ0) is 21.3. The third-order valence-corrected chi connectivity index (χ3v) is 6.23. The van der Waals surface area contributed by atoms with Gasteiger partial charge in [0.2, 0.25) is 5.91 Å². The van der Waals surface area contributed by atoms with Gasteiger partial charge < -0.3 is 15.0 Å². The van der Waals surface area contributed by atoms with Crippen molar-refractivity contribution in [2.24, 2.45) is 5.92 Å². The molecular formula is C26H32N2O2. The normalized spacial score (nSPS) is 15.0. The Morgan fingerprint density at radius 3 is 2.43 bits per heavy atom. The SMILES string of the molecule is Cc1cc(NC(=O)C2CCCCC2)cc(C)c1Oc1ccc2[nH]cc(C(C)C)c2c1. The summed E-state index contributed by atoms with van der Waals surface area (Å²) in [6.07, 6.45) is 7.66. The molecule has 0 spiro atoms. The van der Waals surface area contributed by atoms with E-state index in [1.54, 1.807) is 0 Å². The summed E-state index contributed by atoms with van der Waals surface area (Å²) in [6.45, 7) is 8.47. The number of hydrogen-bond acceptors (Lipinski definition) is 2. The van der Waals surface area contributed by atoms with Crippen LogP contribution in [0.15, 0.2) is 36.5 Å². The standard InChI is InChI=1S/C26H32N2O2/c1-16(2)23-15-27-24-11-10-21(14-22(23)24)30-25-17(3)12-20(13-18(25)4)28-26(29)19-8-6-5-7-9-19/h10-16,19,27H,5-9H2,1-4H3,(H,28,29). The Labute approximate surface area is 179 Å². The Hall–Kier alpha value is -2.75. The Morgan fingerprint density at radius 2 is 1.77 bits per heavy atom. The molecule has 1 aliphatic carbocycles. The van der Waals surface area contributed by atoms with Gasteiger partial charge in [-0.1, -0.05) is 33.1 Å². The van der Waals surface area contributed by atoms with Crippen LogP contribution in [0, 0.1) is 19.8 Å². The molecule has 30 heavy (non-hydrogen) atoms. The Morgan fingerprint density at radius 1 is 1.07 bits per heavy atom. The molecule has 0 bridgehead atoms. The molecule has 0 aliphatic heterocycles. The van der Waals surface area contributed by atoms with Crippen molar-refractivity contribution in [3.63, 3.8) is 0 Å². The number of aryl methyl sites for hydroxylation is 2. The van der Waals surface area contributed by atoms with Gasteiger partial charge in [-0.05, 0) is 79.6 Å². The van der Waals surface area contributed by atoms with Crippen LogP contribution in [0.1, 0.15) is 68.6 Å². The minimum Gasteiger partial charge on any atom is -0.457 e. The first-order valence-corrected chi connectivity index (χ1v) is 11.1. The summed E-state index contributed by atoms with van der Waals surface area (Å²) in [4.78, 5) is 15.9. The molecule has 0 unspecified atom stereocenters. The summed E-state index contributed by atoms with van der Waals surface area (Å²) >= 11 is 0. The number of nitrogens with one attached hydrogen (secondary N) is 2. The first kappa shape index (κ1) is 20.5. The topological polar surface area (TPSA) is 54.1 Å². The highest BCUT2D eigenvalue weighted by molar-refractivity contribution is 5.93. The maximum Gasteiger partial charge on any atom is 0.227 e. The van der Waals surface area contributed by atoms with Crippen molar-refractivity contribution in [1.29, 1.82) is 0 Å². The summed E-state index contributed by atoms with van der Waals surface area (Å²) in [5, 5.41) is 4.33. The van der Waals surface area contributed by atoms with E-state index in [4.69, 9.17) is 4.74 Å². The fourth-order valence-corrected chi connectivity index (χ4v) is 4.57. The molecular weight excluding hydrogens is 372 g/mol. The van der Waals surface area contributed by atoms with Gasteiger partial charge in [-0.25, -0.2) is 0 Å². The second-order valence-corrected chi connectivity index (χ2v) is 8.97. The lowest BCUT2D eigenvalue weighted by Crippen LogP contribution is -2.24. The number of ether oxygens (including phenoxy) is 1. The van der Waals surface area contributed by atoms with Crippen LogP contribution >= 0.6 is 0 Å². The molecule has 1 heterocycles. The van der Waals surface area contributed by atoms with Gasteiger partial charge >= 0.3 is 0 Å². The van der Waals surface area contributed by atoms with E-state index in [-0.39, 0.29) is 11.8 Å². The van der Waals surface area contributed by atoms with Crippen molar-refractivity contribution < 1.29 is 9.53 Å². The van der Waals surface area contributed by atoms with Crippen molar-refractivity contribution in [3.8, 4) is 11.5 Å². The van der Waals surface area contributed by atoms with E-state index in [9.17, 15) is 4.79 Å². The average Bonchev–Trinajstić information content (AvgIpc) is 3.15. The van der Waals surface area contributed by atoms with Gasteiger partial charge in [-0.2, -0.15) is 0 Å². The summed E-state index contributed by atoms with van der Waals surface area (Å²) < 4.78 is 6.30. The third-order valence-electron chi connectivity index (χ3n) is 6.23. The lowest BCUT2D eigenvalue weighted by molar-refractivity contribution is -0.120. The summed E-state index contributed by atoms with van der Waals surface area (Å²) in [5.74, 6) is 2.44. The molecule has 1 amide bonds. The first-order valence-electron chi connectivity index (χ1n) is 11.1. The van der Waals surface area contributed by atoms with Gasteiger partial charge in [-0.15, -0.1) is 0 Å². The predicted molar refractivity (Wildman–Crippen MR) is 124 cm³/mol. The van der Waals surface area contributed by atoms with Crippen molar-refractivity contribution in [3.05, 3.63) is 53.2 Å². The van der Waals surface area contributed by atoms with Crippen LogP contribution in [-0.2, 0) is 4.79 Å². The summed E-state index contributed by atoms with van der Waals surface area (Å²) in [5.41, 5.74) is 5.32. The zero-order valence-corrected chi connectivity index (χ0v) is 18.5. The monoisotopic (exact) mass is 404 g/mol. The number of benzene rings is 2. The molecule has 4 nitrogen and oxygen atoms in total. The number of carbonyl (C=O) groups excluding carboxylic acids is 1. The second kappa shape index (κ2) is 8.55. The second-order valence-electron chi connectivity index (χ2n) is 8.97. The molecule has 1 saturated carbocycles. The van der Waals surface area contributed by atoms with Crippen molar-refractivity contribution in [2.75, 3.05) is 5.32 Å². The molecule has 4 heteroatoms. The molecule has 1 fully saturated rings. The number of aromatic amines is 1. The number of aromatic nitrogens is 1. The molecule has 0 radical (unpaired) electrons. The van der Waals surface area contributed by atoms with Gasteiger partial charge in [-0.3, -0.25) is 4.79 Å². The quantitative estimate of drug-likeness (QED) is 0.472. The lowest BCUT2D eigenvalue weighted by Gasteiger charge is -2.21. The minimum atomic E-state index is 0.151. The van der Waals surface area contributed by atoms with E-state index in [1.807, 2.05) is 32.0 Å². The number of fused-ring (bicyclic) bond motifs is 1. The maximum absolute atomic E-state index is 12.6. The fraction of sp³-hybridized carbons (Fsp3) is 0.423. The third kappa shape index (κ3) is 4.23. The molecule has 0 atom stereocenters. The fourth-order valence-electron chi connectivity index (χ4n) is 4.57. The van der Waals surface area contributed by atoms with Crippen LogP contribution in [0.4, 0.5) is 5.69 Å².